The molecular weight excluding hydrogens is 194 g/mol. The van der Waals surface area contributed by atoms with Crippen LogP contribution in [0, 0.1) is 0 Å². The van der Waals surface area contributed by atoms with Gasteiger partial charge in [-0.15, -0.1) is 6.58 Å². The Hall–Kier alpha value is -1.32. The highest BCUT2D eigenvalue weighted by Gasteiger charge is 2.38. The fraction of sp³-hybridized carbons (Fsp3) is 0.636. The summed E-state index contributed by atoms with van der Waals surface area (Å²) >= 11 is 0. The molecule has 1 fully saturated rings. The lowest BCUT2D eigenvalue weighted by Crippen LogP contribution is -2.44. The van der Waals surface area contributed by atoms with E-state index in [2.05, 4.69) is 6.58 Å². The van der Waals surface area contributed by atoms with Crippen molar-refractivity contribution in [1.82, 2.24) is 4.90 Å². The molecule has 0 aliphatic carbocycles. The predicted molar refractivity (Wildman–Crippen MR) is 56.2 cm³/mol. The average molecular weight is 211 g/mol. The largest absolute Gasteiger partial charge is 0.464 e. The Morgan fingerprint density at radius 2 is 2.47 bits per heavy atom. The van der Waals surface area contributed by atoms with E-state index < -0.39 is 6.04 Å². The maximum absolute atomic E-state index is 11.6. The van der Waals surface area contributed by atoms with E-state index >= 15 is 0 Å². The first-order valence-electron chi connectivity index (χ1n) is 5.22. The first-order chi connectivity index (χ1) is 7.11. The molecule has 0 aromatic carbocycles. The second kappa shape index (κ2) is 4.96. The van der Waals surface area contributed by atoms with E-state index in [1.165, 1.54) is 0 Å². The van der Waals surface area contributed by atoms with E-state index in [1.807, 2.05) is 6.92 Å². The van der Waals surface area contributed by atoms with Gasteiger partial charge in [0.15, 0.2) is 0 Å². The van der Waals surface area contributed by atoms with Crippen LogP contribution in [-0.4, -0.2) is 35.5 Å². The van der Waals surface area contributed by atoms with Crippen LogP contribution in [0.4, 0.5) is 0 Å². The molecule has 1 saturated heterocycles. The Morgan fingerprint density at radius 3 is 3.00 bits per heavy atom. The second-order valence-electron chi connectivity index (χ2n) is 3.58. The summed E-state index contributed by atoms with van der Waals surface area (Å²) < 4.78 is 4.93. The van der Waals surface area contributed by atoms with Gasteiger partial charge in [0.1, 0.15) is 6.04 Å². The van der Waals surface area contributed by atoms with Gasteiger partial charge >= 0.3 is 5.97 Å². The third kappa shape index (κ3) is 2.37. The van der Waals surface area contributed by atoms with Crippen LogP contribution in [0.15, 0.2) is 12.7 Å². The highest BCUT2D eigenvalue weighted by Crippen LogP contribution is 2.22. The second-order valence-corrected chi connectivity index (χ2v) is 3.58. The standard InChI is InChI=1S/C11H17NO3/c1-4-8(3)12-9(6-7-10(12)13)11(14)15-5-2/h4,8-9H,1,5-7H2,2-3H3. The topological polar surface area (TPSA) is 46.6 Å². The first kappa shape index (κ1) is 11.8. The van der Waals surface area contributed by atoms with Crippen molar-refractivity contribution in [2.75, 3.05) is 6.61 Å². The summed E-state index contributed by atoms with van der Waals surface area (Å²) in [6.07, 6.45) is 2.63. The number of likely N-dealkylation sites (tertiary alicyclic amines) is 1. The quantitative estimate of drug-likeness (QED) is 0.517. The Bertz CT molecular complexity index is 275. The summed E-state index contributed by atoms with van der Waals surface area (Å²) in [6, 6.07) is -0.542. The van der Waals surface area contributed by atoms with Gasteiger partial charge in [-0.05, 0) is 20.3 Å². The predicted octanol–water partition coefficient (Wildman–Crippen LogP) is 1.11. The number of carbonyl (C=O) groups is 2. The fourth-order valence-corrected chi connectivity index (χ4v) is 1.80. The minimum Gasteiger partial charge on any atom is -0.464 e. The highest BCUT2D eigenvalue weighted by atomic mass is 16.5. The van der Waals surface area contributed by atoms with Crippen LogP contribution in [0.1, 0.15) is 26.7 Å². The highest BCUT2D eigenvalue weighted by molar-refractivity contribution is 5.88. The zero-order chi connectivity index (χ0) is 11.4. The molecule has 1 heterocycles. The van der Waals surface area contributed by atoms with Crippen molar-refractivity contribution < 1.29 is 14.3 Å². The van der Waals surface area contributed by atoms with E-state index in [0.717, 1.165) is 0 Å². The maximum Gasteiger partial charge on any atom is 0.328 e. The minimum atomic E-state index is -0.426. The Labute approximate surface area is 89.9 Å². The lowest BCUT2D eigenvalue weighted by atomic mass is 10.2. The van der Waals surface area contributed by atoms with Gasteiger partial charge in [-0.25, -0.2) is 4.79 Å². The number of hydrogen-bond acceptors (Lipinski definition) is 3. The normalized spacial score (nSPS) is 22.7. The number of nitrogens with zero attached hydrogens (tertiary/aromatic N) is 1. The van der Waals surface area contributed by atoms with Crippen molar-refractivity contribution in [2.45, 2.75) is 38.8 Å². The molecule has 0 radical (unpaired) electrons. The Kier molecular flexibility index (Phi) is 3.88. The molecule has 0 bridgehead atoms. The number of ether oxygens (including phenoxy) is 1. The molecule has 0 aromatic heterocycles. The van der Waals surface area contributed by atoms with Crippen LogP contribution in [-0.2, 0) is 14.3 Å². The van der Waals surface area contributed by atoms with Crippen LogP contribution in [0.2, 0.25) is 0 Å². The van der Waals surface area contributed by atoms with E-state index in [-0.39, 0.29) is 17.9 Å². The van der Waals surface area contributed by atoms with E-state index in [4.69, 9.17) is 4.74 Å². The van der Waals surface area contributed by atoms with E-state index in [0.29, 0.717) is 19.4 Å². The molecule has 0 spiro atoms. The third-order valence-corrected chi connectivity index (χ3v) is 2.59. The van der Waals surface area contributed by atoms with E-state index in [9.17, 15) is 9.59 Å². The van der Waals surface area contributed by atoms with Crippen molar-refractivity contribution >= 4 is 11.9 Å². The molecular formula is C11H17NO3. The van der Waals surface area contributed by atoms with Gasteiger partial charge in [0.05, 0.1) is 6.61 Å². The summed E-state index contributed by atoms with van der Waals surface area (Å²) in [6.45, 7) is 7.59. The zero-order valence-electron chi connectivity index (χ0n) is 9.23. The summed E-state index contributed by atoms with van der Waals surface area (Å²) in [4.78, 5) is 24.7. The SMILES string of the molecule is C=CC(C)N1C(=O)CCC1C(=O)OCC. The molecule has 2 atom stereocenters. The lowest BCUT2D eigenvalue weighted by Gasteiger charge is -2.27. The van der Waals surface area contributed by atoms with E-state index in [1.54, 1.807) is 17.9 Å². The molecule has 0 N–H and O–H groups in total. The Morgan fingerprint density at radius 1 is 1.80 bits per heavy atom. The fourth-order valence-electron chi connectivity index (χ4n) is 1.80. The van der Waals surface area contributed by atoms with Crippen LogP contribution in [0.5, 0.6) is 0 Å². The van der Waals surface area contributed by atoms with Gasteiger partial charge in [0.2, 0.25) is 5.91 Å². The molecule has 0 aromatic rings. The summed E-state index contributed by atoms with van der Waals surface area (Å²) in [5, 5.41) is 0. The van der Waals surface area contributed by atoms with Crippen LogP contribution < -0.4 is 0 Å². The number of carbonyl (C=O) groups excluding carboxylic acids is 2. The smallest absolute Gasteiger partial charge is 0.328 e. The minimum absolute atomic E-state index is 0.000420. The molecule has 1 rings (SSSR count). The molecule has 84 valence electrons. The Balaban J connectivity index is 2.75. The molecule has 1 amide bonds. The number of hydrogen-bond donors (Lipinski definition) is 0. The molecule has 4 nitrogen and oxygen atoms in total. The summed E-state index contributed by atoms with van der Waals surface area (Å²) in [5.74, 6) is -0.308. The van der Waals surface area contributed by atoms with Gasteiger partial charge < -0.3 is 9.64 Å². The van der Waals surface area contributed by atoms with Crippen molar-refractivity contribution in [3.8, 4) is 0 Å². The van der Waals surface area contributed by atoms with Crippen molar-refractivity contribution in [1.29, 1.82) is 0 Å². The molecule has 4 heteroatoms. The maximum atomic E-state index is 11.6. The first-order valence-corrected chi connectivity index (χ1v) is 5.22. The monoisotopic (exact) mass is 211 g/mol. The summed E-state index contributed by atoms with van der Waals surface area (Å²) in [5.41, 5.74) is 0. The van der Waals surface area contributed by atoms with Gasteiger partial charge in [0, 0.05) is 12.5 Å². The van der Waals surface area contributed by atoms with Crippen LogP contribution in [0.3, 0.4) is 0 Å². The number of amides is 1. The molecule has 15 heavy (non-hydrogen) atoms. The molecule has 2 unspecified atom stereocenters. The molecule has 1 aliphatic heterocycles. The number of rotatable bonds is 4. The molecule has 0 saturated carbocycles. The van der Waals surface area contributed by atoms with Gasteiger partial charge in [-0.3, -0.25) is 4.79 Å². The van der Waals surface area contributed by atoms with Crippen LogP contribution >= 0.6 is 0 Å². The third-order valence-electron chi connectivity index (χ3n) is 2.59. The average Bonchev–Trinajstić information content (AvgIpc) is 2.59. The number of esters is 1. The van der Waals surface area contributed by atoms with Gasteiger partial charge in [-0.2, -0.15) is 0 Å². The molecule has 1 aliphatic rings. The van der Waals surface area contributed by atoms with Crippen molar-refractivity contribution in [2.24, 2.45) is 0 Å². The zero-order valence-corrected chi connectivity index (χ0v) is 9.23. The van der Waals surface area contributed by atoms with Crippen LogP contribution in [0.25, 0.3) is 0 Å². The lowest BCUT2D eigenvalue weighted by molar-refractivity contribution is -0.152. The van der Waals surface area contributed by atoms with Gasteiger partial charge in [0.25, 0.3) is 0 Å². The van der Waals surface area contributed by atoms with Crippen molar-refractivity contribution in [3.63, 3.8) is 0 Å². The van der Waals surface area contributed by atoms with Gasteiger partial charge in [-0.1, -0.05) is 6.08 Å². The van der Waals surface area contributed by atoms with Crippen molar-refractivity contribution in [3.05, 3.63) is 12.7 Å². The summed E-state index contributed by atoms with van der Waals surface area (Å²) in [7, 11) is 0.